The van der Waals surface area contributed by atoms with Crippen molar-refractivity contribution in [3.63, 3.8) is 0 Å². The summed E-state index contributed by atoms with van der Waals surface area (Å²) in [5, 5.41) is 7.48. The van der Waals surface area contributed by atoms with Crippen molar-refractivity contribution in [3.05, 3.63) is 130 Å². The Morgan fingerprint density at radius 1 is 0.808 bits per heavy atom. The molecule has 3 heterocycles. The standard InChI is InChI=1S/C46H48N4O.Pd/c1-11-33-18-19-47-43(23-33)49-40-15-13-12-14-38(40)39-17-16-36(27-41(39)49)51-37-25-34(46(8,9)10)24-35(26-37)50-42(20-28(2)3)45(32(7)48-50)44-30(5)21-29(4)22-31(44)6;/h12-19,21-25,28H,11,20H2,1-10H3;/q-2;+2. The second-order valence-electron chi connectivity index (χ2n) is 15.5. The Hall–Kier alpha value is -4.50. The molecule has 0 unspecified atom stereocenters. The van der Waals surface area contributed by atoms with Gasteiger partial charge in [0.05, 0.1) is 11.4 Å². The number of nitrogens with zero attached hydrogens (tertiary/aromatic N) is 4. The monoisotopic (exact) mass is 778 g/mol. The van der Waals surface area contributed by atoms with E-state index in [0.29, 0.717) is 17.4 Å². The van der Waals surface area contributed by atoms with Crippen LogP contribution in [0.25, 0.3) is 44.4 Å². The van der Waals surface area contributed by atoms with E-state index in [-0.39, 0.29) is 25.8 Å². The zero-order valence-electron chi connectivity index (χ0n) is 32.0. The summed E-state index contributed by atoms with van der Waals surface area (Å²) in [5.74, 6) is 2.57. The van der Waals surface area contributed by atoms with Crippen molar-refractivity contribution in [2.24, 2.45) is 5.92 Å². The average Bonchev–Trinajstić information content (AvgIpc) is 3.57. The molecule has 6 heteroatoms. The van der Waals surface area contributed by atoms with E-state index >= 15 is 0 Å². The Labute approximate surface area is 322 Å². The summed E-state index contributed by atoms with van der Waals surface area (Å²) in [4.78, 5) is 4.79. The van der Waals surface area contributed by atoms with Crippen molar-refractivity contribution in [2.75, 3.05) is 0 Å². The van der Waals surface area contributed by atoms with Gasteiger partial charge >= 0.3 is 20.4 Å². The quantitative estimate of drug-likeness (QED) is 0.114. The second kappa shape index (κ2) is 14.5. The summed E-state index contributed by atoms with van der Waals surface area (Å²) in [6.45, 7) is 22.1. The van der Waals surface area contributed by atoms with Gasteiger partial charge in [0.1, 0.15) is 5.82 Å². The van der Waals surface area contributed by atoms with Crippen LogP contribution in [0.15, 0.2) is 79.0 Å². The molecule has 0 aliphatic carbocycles. The van der Waals surface area contributed by atoms with Gasteiger partial charge < -0.3 is 9.30 Å². The van der Waals surface area contributed by atoms with Gasteiger partial charge in [-0.15, -0.1) is 41.3 Å². The van der Waals surface area contributed by atoms with E-state index in [1.165, 1.54) is 39.1 Å². The molecule has 0 bridgehead atoms. The van der Waals surface area contributed by atoms with Gasteiger partial charge in [-0.2, -0.15) is 11.2 Å². The van der Waals surface area contributed by atoms with E-state index in [9.17, 15) is 0 Å². The SMILES string of the molecule is CCc1ccnc(-n2c3[c-]c(Oc4[c-]c(-n5nc(C)c(-c6c(C)cc(C)cc6C)c5CC(C)C)cc(C(C)(C)C)c4)ccc3c3ccccc32)c1.[Pd+2]. The smallest absolute Gasteiger partial charge is 0.509 e. The van der Waals surface area contributed by atoms with E-state index in [0.717, 1.165) is 57.4 Å². The third kappa shape index (κ3) is 7.00. The Morgan fingerprint density at radius 3 is 2.23 bits per heavy atom. The van der Waals surface area contributed by atoms with E-state index < -0.39 is 0 Å². The largest absolute Gasteiger partial charge is 2.00 e. The number of hydrogen-bond donors (Lipinski definition) is 0. The first-order chi connectivity index (χ1) is 24.3. The molecule has 4 aromatic carbocycles. The molecule has 268 valence electrons. The summed E-state index contributed by atoms with van der Waals surface area (Å²) in [6, 6.07) is 33.0. The summed E-state index contributed by atoms with van der Waals surface area (Å²) in [6.07, 6.45) is 3.71. The summed E-state index contributed by atoms with van der Waals surface area (Å²) in [7, 11) is 0. The summed E-state index contributed by atoms with van der Waals surface area (Å²) < 4.78 is 11.0. The van der Waals surface area contributed by atoms with Crippen LogP contribution in [0.4, 0.5) is 0 Å². The third-order valence-corrected chi connectivity index (χ3v) is 9.83. The normalized spacial score (nSPS) is 11.8. The molecule has 0 spiro atoms. The summed E-state index contributed by atoms with van der Waals surface area (Å²) >= 11 is 0. The van der Waals surface area contributed by atoms with Crippen molar-refractivity contribution in [3.8, 4) is 34.1 Å². The summed E-state index contributed by atoms with van der Waals surface area (Å²) in [5.41, 5.74) is 13.7. The topological polar surface area (TPSA) is 44.9 Å². The molecule has 7 rings (SSSR count). The van der Waals surface area contributed by atoms with Crippen LogP contribution in [0.3, 0.4) is 0 Å². The molecule has 0 atom stereocenters. The fraction of sp³-hybridized carbons (Fsp3) is 0.304. The maximum absolute atomic E-state index is 6.72. The van der Waals surface area contributed by atoms with Gasteiger partial charge in [0.2, 0.25) is 0 Å². The van der Waals surface area contributed by atoms with Gasteiger partial charge in [-0.1, -0.05) is 83.0 Å². The molecule has 3 aromatic heterocycles. The van der Waals surface area contributed by atoms with Gasteiger partial charge in [-0.25, -0.2) is 4.98 Å². The van der Waals surface area contributed by atoms with Gasteiger partial charge in [0.25, 0.3) is 0 Å². The number of aryl methyl sites for hydroxylation is 5. The Kier molecular flexibility index (Phi) is 10.4. The van der Waals surface area contributed by atoms with Crippen LogP contribution in [0.2, 0.25) is 0 Å². The minimum Gasteiger partial charge on any atom is -0.509 e. The molecule has 0 radical (unpaired) electrons. The molecule has 0 aliphatic rings. The Morgan fingerprint density at radius 2 is 1.54 bits per heavy atom. The number of ether oxygens (including phenoxy) is 1. The minimum absolute atomic E-state index is 0. The molecule has 0 N–H and O–H groups in total. The molecule has 0 saturated heterocycles. The number of rotatable bonds is 8. The third-order valence-electron chi connectivity index (χ3n) is 9.83. The molecular formula is C46H48N4OPd. The number of pyridine rings is 1. The first-order valence-corrected chi connectivity index (χ1v) is 18.2. The van der Waals surface area contributed by atoms with Crippen molar-refractivity contribution >= 4 is 21.8 Å². The number of hydrogen-bond acceptors (Lipinski definition) is 3. The van der Waals surface area contributed by atoms with Crippen LogP contribution in [0.5, 0.6) is 11.5 Å². The van der Waals surface area contributed by atoms with E-state index in [1.807, 2.05) is 12.3 Å². The molecule has 0 aliphatic heterocycles. The van der Waals surface area contributed by atoms with E-state index in [4.69, 9.17) is 14.8 Å². The molecule has 5 nitrogen and oxygen atoms in total. The second-order valence-corrected chi connectivity index (χ2v) is 15.5. The number of para-hydroxylation sites is 1. The van der Waals surface area contributed by atoms with Gasteiger partial charge in [0.15, 0.2) is 0 Å². The predicted molar refractivity (Wildman–Crippen MR) is 211 cm³/mol. The van der Waals surface area contributed by atoms with Crippen molar-refractivity contribution in [1.29, 1.82) is 0 Å². The van der Waals surface area contributed by atoms with Crippen LogP contribution in [-0.4, -0.2) is 19.3 Å². The molecule has 0 amide bonds. The first-order valence-electron chi connectivity index (χ1n) is 18.2. The van der Waals surface area contributed by atoms with Gasteiger partial charge in [-0.05, 0) is 103 Å². The van der Waals surface area contributed by atoms with E-state index in [2.05, 4.69) is 157 Å². The fourth-order valence-corrected chi connectivity index (χ4v) is 7.47. The zero-order chi connectivity index (χ0) is 36.2. The number of benzene rings is 4. The molecular weight excluding hydrogens is 731 g/mol. The van der Waals surface area contributed by atoms with E-state index in [1.54, 1.807) is 0 Å². The zero-order valence-corrected chi connectivity index (χ0v) is 33.6. The van der Waals surface area contributed by atoms with Crippen molar-refractivity contribution in [2.45, 2.75) is 87.5 Å². The fourth-order valence-electron chi connectivity index (χ4n) is 7.47. The van der Waals surface area contributed by atoms with Crippen LogP contribution >= 0.6 is 0 Å². The van der Waals surface area contributed by atoms with Crippen LogP contribution in [0, 0.1) is 45.7 Å². The maximum atomic E-state index is 6.72. The van der Waals surface area contributed by atoms with Crippen LogP contribution < -0.4 is 4.74 Å². The van der Waals surface area contributed by atoms with Crippen LogP contribution in [0.1, 0.15) is 80.7 Å². The Balaban J connectivity index is 0.00000464. The Bertz CT molecular complexity index is 2400. The maximum Gasteiger partial charge on any atom is 2.00 e. The number of fused-ring (bicyclic) bond motifs is 3. The molecule has 0 saturated carbocycles. The van der Waals surface area contributed by atoms with Crippen LogP contribution in [-0.2, 0) is 38.7 Å². The first kappa shape index (κ1) is 37.3. The molecule has 0 fully saturated rings. The van der Waals surface area contributed by atoms with Crippen molar-refractivity contribution < 1.29 is 25.2 Å². The van der Waals surface area contributed by atoms with Gasteiger partial charge in [-0.3, -0.25) is 4.68 Å². The average molecular weight is 779 g/mol. The minimum atomic E-state index is -0.134. The predicted octanol–water partition coefficient (Wildman–Crippen LogP) is 11.7. The van der Waals surface area contributed by atoms with Crippen molar-refractivity contribution in [1.82, 2.24) is 19.3 Å². The molecule has 7 aromatic rings. The number of aromatic nitrogens is 4. The molecule has 52 heavy (non-hydrogen) atoms. The van der Waals surface area contributed by atoms with Gasteiger partial charge in [0, 0.05) is 28.8 Å².